The quantitative estimate of drug-likeness (QED) is 0.419. The molecule has 1 aromatic rings. The van der Waals surface area contributed by atoms with Crippen LogP contribution in [0.15, 0.2) is 24.3 Å². The first-order valence-corrected chi connectivity index (χ1v) is 5.51. The third-order valence-corrected chi connectivity index (χ3v) is 2.42. The molecule has 1 rings (SSSR count). The van der Waals surface area contributed by atoms with Crippen molar-refractivity contribution in [2.75, 3.05) is 5.73 Å². The van der Waals surface area contributed by atoms with Crippen LogP contribution in [-0.4, -0.2) is 63.7 Å². The van der Waals surface area contributed by atoms with Crippen molar-refractivity contribution in [3.8, 4) is 0 Å². The number of aliphatic carboxylic acids is 2. The first-order valence-electron chi connectivity index (χ1n) is 5.51. The van der Waals surface area contributed by atoms with Crippen molar-refractivity contribution in [1.82, 2.24) is 5.32 Å². The van der Waals surface area contributed by atoms with E-state index in [1.54, 1.807) is 0 Å². The Morgan fingerprint density at radius 1 is 1.15 bits per heavy atom. The van der Waals surface area contributed by atoms with Crippen molar-refractivity contribution in [3.05, 3.63) is 29.8 Å². The van der Waals surface area contributed by atoms with Crippen molar-refractivity contribution in [2.45, 2.75) is 18.9 Å². The molecule has 0 spiro atoms. The van der Waals surface area contributed by atoms with Crippen LogP contribution in [0.5, 0.6) is 0 Å². The molecule has 0 unspecified atom stereocenters. The Balaban J connectivity index is 0.00000361. The number of nitrogens with two attached hydrogens (primary N) is 1. The van der Waals surface area contributed by atoms with Crippen molar-refractivity contribution in [3.63, 3.8) is 0 Å². The third-order valence-electron chi connectivity index (χ3n) is 2.42. The van der Waals surface area contributed by atoms with Gasteiger partial charge in [-0.05, 0) is 30.7 Å². The minimum atomic E-state index is -1.27. The molecule has 0 aromatic heterocycles. The molecule has 1 atom stereocenters. The van der Waals surface area contributed by atoms with Gasteiger partial charge < -0.3 is 21.3 Å². The molecule has 0 heterocycles. The third kappa shape index (κ3) is 6.05. The molecule has 0 aliphatic rings. The number of amides is 1. The molecule has 20 heavy (non-hydrogen) atoms. The monoisotopic (exact) mass is 290 g/mol. The second-order valence-corrected chi connectivity index (χ2v) is 3.92. The van der Waals surface area contributed by atoms with Gasteiger partial charge in [-0.3, -0.25) is 9.59 Å². The number of nitrogen functional groups attached to an aromatic ring is 1. The number of carboxylic acids is 2. The van der Waals surface area contributed by atoms with E-state index >= 15 is 0 Å². The first kappa shape index (κ1) is 18.4. The number of hydrogen-bond acceptors (Lipinski definition) is 4. The van der Waals surface area contributed by atoms with Gasteiger partial charge >= 0.3 is 41.5 Å². The molecule has 1 amide bonds. The number of carboxylic acid groups (broad SMARTS) is 2. The van der Waals surface area contributed by atoms with E-state index in [1.807, 2.05) is 0 Å². The predicted octanol–water partition coefficient (Wildman–Crippen LogP) is -0.332. The molecule has 0 fully saturated rings. The van der Waals surface area contributed by atoms with Gasteiger partial charge in [-0.1, -0.05) is 0 Å². The fraction of sp³-hybridized carbons (Fsp3) is 0.250. The van der Waals surface area contributed by atoms with Crippen LogP contribution in [0.3, 0.4) is 0 Å². The van der Waals surface area contributed by atoms with Crippen LogP contribution < -0.4 is 11.1 Å². The maximum absolute atomic E-state index is 11.8. The number of benzene rings is 1. The Bertz CT molecular complexity index is 489. The van der Waals surface area contributed by atoms with E-state index < -0.39 is 23.9 Å². The van der Waals surface area contributed by atoms with E-state index in [-0.39, 0.29) is 48.0 Å². The zero-order valence-corrected chi connectivity index (χ0v) is 10.00. The van der Waals surface area contributed by atoms with Gasteiger partial charge in [0.15, 0.2) is 0 Å². The summed E-state index contributed by atoms with van der Waals surface area (Å²) in [6.45, 7) is 0. The molecule has 0 bridgehead atoms. The summed E-state index contributed by atoms with van der Waals surface area (Å²) in [6, 6.07) is 4.71. The van der Waals surface area contributed by atoms with Gasteiger partial charge in [0.25, 0.3) is 5.91 Å². The van der Waals surface area contributed by atoms with E-state index in [1.165, 1.54) is 24.3 Å². The number of hydrogen-bond donors (Lipinski definition) is 4. The van der Waals surface area contributed by atoms with E-state index in [4.69, 9.17) is 15.9 Å². The van der Waals surface area contributed by atoms with Crippen molar-refractivity contribution in [2.24, 2.45) is 0 Å². The minimum absolute atomic E-state index is 0. The SMILES string of the molecule is Nc1ccc(C(=O)N[C@H](CCC(=O)O)C(=O)O)cc1.[NaH]. The van der Waals surface area contributed by atoms with Crippen LogP contribution in [0.2, 0.25) is 0 Å². The van der Waals surface area contributed by atoms with Gasteiger partial charge in [0.2, 0.25) is 0 Å². The summed E-state index contributed by atoms with van der Waals surface area (Å²) in [6.07, 6.45) is -0.510. The predicted molar refractivity (Wildman–Crippen MR) is 73.8 cm³/mol. The number of anilines is 1. The summed E-state index contributed by atoms with van der Waals surface area (Å²) in [4.78, 5) is 33.1. The zero-order valence-electron chi connectivity index (χ0n) is 10.00. The molecule has 8 heteroatoms. The topological polar surface area (TPSA) is 130 Å². The molecule has 5 N–H and O–H groups in total. The van der Waals surface area contributed by atoms with Gasteiger partial charge in [-0.2, -0.15) is 0 Å². The number of rotatable bonds is 6. The Kier molecular flexibility index (Phi) is 7.90. The van der Waals surface area contributed by atoms with Crippen LogP contribution >= 0.6 is 0 Å². The maximum atomic E-state index is 11.8. The Labute approximate surface area is 137 Å². The summed E-state index contributed by atoms with van der Waals surface area (Å²) in [7, 11) is 0. The van der Waals surface area contributed by atoms with Crippen LogP contribution in [0, 0.1) is 0 Å². The molecule has 7 nitrogen and oxygen atoms in total. The standard InChI is InChI=1S/C12H14N2O5.Na.H/c13-8-3-1-7(2-4-8)11(17)14-9(12(18)19)5-6-10(15)16;;/h1-4,9H,5-6,13H2,(H,14,17)(H,15,16)(H,18,19);;/t9-;;/m1../s1. The molecule has 0 radical (unpaired) electrons. The van der Waals surface area contributed by atoms with E-state index in [9.17, 15) is 14.4 Å². The van der Waals surface area contributed by atoms with E-state index in [2.05, 4.69) is 5.32 Å². The summed E-state index contributed by atoms with van der Waals surface area (Å²) in [5.41, 5.74) is 6.21. The Hall–Kier alpha value is -1.57. The van der Waals surface area contributed by atoms with Gasteiger partial charge in [0.05, 0.1) is 0 Å². The average molecular weight is 290 g/mol. The van der Waals surface area contributed by atoms with Crippen LogP contribution in [-0.2, 0) is 9.59 Å². The van der Waals surface area contributed by atoms with Crippen molar-refractivity contribution in [1.29, 1.82) is 0 Å². The summed E-state index contributed by atoms with van der Waals surface area (Å²) in [5.74, 6) is -2.98. The van der Waals surface area contributed by atoms with Crippen molar-refractivity contribution >= 4 is 53.1 Å². The number of carbonyl (C=O) groups is 3. The zero-order chi connectivity index (χ0) is 14.4. The van der Waals surface area contributed by atoms with Crippen LogP contribution in [0.1, 0.15) is 23.2 Å². The van der Waals surface area contributed by atoms with E-state index in [0.29, 0.717) is 5.69 Å². The number of carbonyl (C=O) groups excluding carboxylic acids is 1. The molecule has 104 valence electrons. The fourth-order valence-corrected chi connectivity index (χ4v) is 1.40. The first-order chi connectivity index (χ1) is 8.90. The van der Waals surface area contributed by atoms with Crippen molar-refractivity contribution < 1.29 is 24.6 Å². The average Bonchev–Trinajstić information content (AvgIpc) is 2.34. The van der Waals surface area contributed by atoms with Gasteiger partial charge in [0, 0.05) is 17.7 Å². The van der Waals surface area contributed by atoms with Crippen LogP contribution in [0.4, 0.5) is 5.69 Å². The molecule has 0 saturated carbocycles. The van der Waals surface area contributed by atoms with E-state index in [0.717, 1.165) is 0 Å². The number of nitrogens with one attached hydrogen (secondary N) is 1. The van der Waals surface area contributed by atoms with Gasteiger partial charge in [0.1, 0.15) is 6.04 Å². The second-order valence-electron chi connectivity index (χ2n) is 3.92. The van der Waals surface area contributed by atoms with Gasteiger partial charge in [-0.15, -0.1) is 0 Å². The molecule has 1 aromatic carbocycles. The molecule has 0 saturated heterocycles. The summed E-state index contributed by atoms with van der Waals surface area (Å²) in [5, 5.41) is 19.7. The molecule has 0 aliphatic heterocycles. The summed E-state index contributed by atoms with van der Waals surface area (Å²) >= 11 is 0. The molecular formula is C12H15N2NaO5. The normalized spacial score (nSPS) is 11.0. The summed E-state index contributed by atoms with van der Waals surface area (Å²) < 4.78 is 0. The Morgan fingerprint density at radius 3 is 2.15 bits per heavy atom. The van der Waals surface area contributed by atoms with Gasteiger partial charge in [-0.25, -0.2) is 4.79 Å². The second kappa shape index (κ2) is 8.57. The molecular weight excluding hydrogens is 275 g/mol. The Morgan fingerprint density at radius 2 is 1.70 bits per heavy atom. The van der Waals surface area contributed by atoms with Crippen LogP contribution in [0.25, 0.3) is 0 Å². The fourth-order valence-electron chi connectivity index (χ4n) is 1.40. The molecule has 0 aliphatic carbocycles.